The van der Waals surface area contributed by atoms with Crippen LogP contribution in [0.15, 0.2) is 91.0 Å². The molecule has 5 atom stereocenters. The average Bonchev–Trinajstić information content (AvgIpc) is 4.07. The summed E-state index contributed by atoms with van der Waals surface area (Å²) in [5.41, 5.74) is 9.20. The topological polar surface area (TPSA) is 207 Å². The second-order valence-electron chi connectivity index (χ2n) is 21.4. The van der Waals surface area contributed by atoms with Gasteiger partial charge in [-0.05, 0) is 153 Å². The Hall–Kier alpha value is -6.38. The number of para-hydroxylation sites is 2. The van der Waals surface area contributed by atoms with Crippen LogP contribution in [0.2, 0.25) is 0 Å². The number of aryl methyl sites for hydroxylation is 2. The average molecular weight is 1130 g/mol. The number of aliphatic hydroxyl groups is 1. The summed E-state index contributed by atoms with van der Waals surface area (Å²) in [6.07, 6.45) is 3.09. The number of carbonyl (C=O) groups is 5. The van der Waals surface area contributed by atoms with Gasteiger partial charge in [0, 0.05) is 77.0 Å². The molecule has 0 saturated heterocycles. The second kappa shape index (κ2) is 24.1. The summed E-state index contributed by atoms with van der Waals surface area (Å²) in [6.45, 7) is 7.69. The number of ether oxygens (including phenoxy) is 3. The summed E-state index contributed by atoms with van der Waals surface area (Å²) in [7, 11) is 2.80. The number of Topliss-reactive ketones (excluding diaryl/α,β-unsaturated/α-hetero) is 1. The summed E-state index contributed by atoms with van der Waals surface area (Å²) in [4.78, 5) is 71.6. The minimum atomic E-state index is -4.06. The van der Waals surface area contributed by atoms with Gasteiger partial charge in [0.25, 0.3) is 21.9 Å². The van der Waals surface area contributed by atoms with Gasteiger partial charge in [-0.3, -0.25) is 28.2 Å². The van der Waals surface area contributed by atoms with Crippen LogP contribution in [0.1, 0.15) is 113 Å². The van der Waals surface area contributed by atoms with Crippen molar-refractivity contribution in [1.82, 2.24) is 5.32 Å². The number of methoxy groups -OCH3 is 1. The molecule has 4 aliphatic heterocycles. The molecule has 5 aromatic rings. The van der Waals surface area contributed by atoms with Crippen molar-refractivity contribution in [3.05, 3.63) is 141 Å². The molecule has 2 unspecified atom stereocenters. The van der Waals surface area contributed by atoms with Gasteiger partial charge in [-0.2, -0.15) is 8.42 Å². The van der Waals surface area contributed by atoms with Gasteiger partial charge in [0.1, 0.15) is 24.7 Å². The number of nitrogens with zero attached hydrogens (tertiary/aromatic N) is 2. The van der Waals surface area contributed by atoms with Gasteiger partial charge in [-0.1, -0.05) is 64.9 Å². The van der Waals surface area contributed by atoms with E-state index >= 15 is 0 Å². The van der Waals surface area contributed by atoms with Crippen molar-refractivity contribution in [2.24, 2.45) is 5.92 Å². The van der Waals surface area contributed by atoms with Crippen molar-refractivity contribution in [2.75, 3.05) is 42.1 Å². The number of nitrogens with one attached hydrogen (secondary N) is 2. The first kappa shape index (κ1) is 57.3. The predicted octanol–water partition coefficient (Wildman–Crippen LogP) is 9.12. The maximum Gasteiger partial charge on any atom is 0.279 e. The molecule has 4 amide bonds. The molecule has 3 N–H and O–H groups in total. The van der Waals surface area contributed by atoms with Crippen LogP contribution in [0.25, 0.3) is 0 Å². The van der Waals surface area contributed by atoms with E-state index in [1.165, 1.54) is 28.6 Å². The number of rotatable bonds is 22. The van der Waals surface area contributed by atoms with E-state index < -0.39 is 33.3 Å². The zero-order valence-corrected chi connectivity index (χ0v) is 48.0. The molecule has 0 spiro atoms. The molecule has 0 radical (unpaired) electrons. The Kier molecular flexibility index (Phi) is 17.5. The number of amides is 4. The van der Waals surface area contributed by atoms with Crippen LogP contribution >= 0.6 is 21.6 Å². The first-order chi connectivity index (χ1) is 37.8. The number of anilines is 3. The summed E-state index contributed by atoms with van der Waals surface area (Å²) >= 11 is 0. The second-order valence-corrected chi connectivity index (χ2v) is 26.5. The van der Waals surface area contributed by atoms with Crippen LogP contribution in [0.3, 0.4) is 0 Å². The number of ketones is 1. The van der Waals surface area contributed by atoms with Gasteiger partial charge < -0.3 is 39.8 Å². The molecule has 0 aliphatic carbocycles. The van der Waals surface area contributed by atoms with Crippen molar-refractivity contribution in [1.29, 1.82) is 0 Å². The van der Waals surface area contributed by atoms with Crippen LogP contribution < -0.4 is 34.6 Å². The Bertz CT molecular complexity index is 3290. The third-order valence-corrected chi connectivity index (χ3v) is 20.4. The van der Waals surface area contributed by atoms with E-state index in [-0.39, 0.29) is 79.2 Å². The van der Waals surface area contributed by atoms with Crippen LogP contribution in [0.5, 0.6) is 17.2 Å². The summed E-state index contributed by atoms with van der Waals surface area (Å²) in [5.74, 6) is -0.215. The lowest BCUT2D eigenvalue weighted by Crippen LogP contribution is -2.43. The number of hydrogen-bond donors (Lipinski definition) is 3. The van der Waals surface area contributed by atoms with Gasteiger partial charge in [0.05, 0.1) is 26.4 Å². The summed E-state index contributed by atoms with van der Waals surface area (Å²) < 4.78 is 47.7. The third kappa shape index (κ3) is 12.7. The van der Waals surface area contributed by atoms with Gasteiger partial charge in [0.2, 0.25) is 11.8 Å². The minimum absolute atomic E-state index is 0.00659. The zero-order valence-electron chi connectivity index (χ0n) is 45.6. The lowest BCUT2D eigenvalue weighted by Gasteiger charge is -2.26. The number of benzene rings is 5. The van der Waals surface area contributed by atoms with Crippen molar-refractivity contribution in [3.63, 3.8) is 0 Å². The van der Waals surface area contributed by atoms with E-state index in [9.17, 15) is 37.5 Å². The highest BCUT2D eigenvalue weighted by atomic mass is 33.1. The predicted molar refractivity (Wildman–Crippen MR) is 308 cm³/mol. The Morgan fingerprint density at radius 1 is 0.785 bits per heavy atom. The van der Waals surface area contributed by atoms with E-state index in [1.807, 2.05) is 105 Å². The summed E-state index contributed by atoms with van der Waals surface area (Å²) in [6, 6.07) is 28.3. The Balaban J connectivity index is 0.894. The molecule has 0 saturated carbocycles. The highest BCUT2D eigenvalue weighted by Gasteiger charge is 2.42. The van der Waals surface area contributed by atoms with Gasteiger partial charge in [0.15, 0.2) is 16.7 Å². The molecule has 0 fully saturated rings. The van der Waals surface area contributed by atoms with E-state index in [1.54, 1.807) is 25.0 Å². The Labute approximate surface area is 470 Å². The van der Waals surface area contributed by atoms with Crippen LogP contribution in [-0.4, -0.2) is 98.1 Å². The van der Waals surface area contributed by atoms with E-state index in [2.05, 4.69) is 20.9 Å². The molecular formula is C60H68N4O12S3. The lowest BCUT2D eigenvalue weighted by molar-refractivity contribution is -0.125. The molecule has 4 aliphatic rings. The minimum Gasteiger partial charge on any atom is -0.493 e. The fourth-order valence-electron chi connectivity index (χ4n) is 11.1. The molecular weight excluding hydrogens is 1060 g/mol. The van der Waals surface area contributed by atoms with Crippen molar-refractivity contribution in [3.8, 4) is 17.2 Å². The molecule has 418 valence electrons. The first-order valence-electron chi connectivity index (χ1n) is 26.7. The van der Waals surface area contributed by atoms with E-state index in [0.717, 1.165) is 53.6 Å². The summed E-state index contributed by atoms with van der Waals surface area (Å²) in [5, 5.41) is 15.6. The first-order valence-corrected chi connectivity index (χ1v) is 30.4. The number of carbonyl (C=O) groups excluding carboxylic acids is 5. The number of aliphatic hydroxyl groups excluding tert-OH is 1. The highest BCUT2D eigenvalue weighted by molar-refractivity contribution is 8.77. The standard InChI is InChI=1S/C60H68N4O12S3/c1-35-23-46-42(29-51(66)50-28-41-13-9-11-15-49(41)64(50)59(46)70)31-52(35)75-33-37-24-38(34-76-54-30-39-16-17-44-27-40-12-8-10-14-48(40)63(44)58(69)47(39)32-53(54)73-6)26-43(25-37)62-56(67)36(2)22-45(65)18-20-60(3,4)78-77-21-19-55(57(68)61-5)79(71,72)74-7/h8-15,23-26,30-32,36,44,50-51,55,66H,16-22,27-29,33-34H2,1-7H3,(H,61,68)(H,62,67)/t36-,44-,50+,51?,55?/m1/s1. The Morgan fingerprint density at radius 3 is 2.10 bits per heavy atom. The normalized spacial score (nSPS) is 18.2. The maximum atomic E-state index is 14.2. The lowest BCUT2D eigenvalue weighted by atomic mass is 9.96. The quantitative estimate of drug-likeness (QED) is 0.0336. The Morgan fingerprint density at radius 2 is 1.42 bits per heavy atom. The van der Waals surface area contributed by atoms with E-state index in [0.29, 0.717) is 75.8 Å². The molecule has 0 aromatic heterocycles. The van der Waals surface area contributed by atoms with Gasteiger partial charge >= 0.3 is 0 Å². The zero-order chi connectivity index (χ0) is 56.3. The fraction of sp³-hybridized carbons (Fsp3) is 0.417. The van der Waals surface area contributed by atoms with Crippen LogP contribution in [0, 0.1) is 12.8 Å². The van der Waals surface area contributed by atoms with Gasteiger partial charge in [-0.25, -0.2) is 0 Å². The van der Waals surface area contributed by atoms with E-state index in [4.69, 9.17) is 14.2 Å². The number of fused-ring (bicyclic) bond motifs is 8. The molecule has 4 heterocycles. The molecule has 79 heavy (non-hydrogen) atoms. The van der Waals surface area contributed by atoms with Crippen molar-refractivity contribution in [2.45, 2.75) is 127 Å². The van der Waals surface area contributed by atoms with Crippen LogP contribution in [0.4, 0.5) is 17.1 Å². The van der Waals surface area contributed by atoms with Crippen LogP contribution in [-0.2, 0) is 67.6 Å². The molecule has 19 heteroatoms. The van der Waals surface area contributed by atoms with Crippen molar-refractivity contribution >= 4 is 78.2 Å². The molecule has 9 rings (SSSR count). The number of hydrogen-bond acceptors (Lipinski definition) is 14. The molecule has 0 bridgehead atoms. The smallest absolute Gasteiger partial charge is 0.279 e. The third-order valence-electron chi connectivity index (χ3n) is 15.4. The fourth-order valence-corrected chi connectivity index (χ4v) is 14.9. The molecule has 16 nitrogen and oxygen atoms in total. The van der Waals surface area contributed by atoms with Crippen molar-refractivity contribution < 1.29 is 55.9 Å². The largest absolute Gasteiger partial charge is 0.493 e. The SMILES string of the molecule is CNC(=O)C(CCSSC(C)(C)CCC(=O)C[C@@H](C)C(=O)Nc1cc(COc2cc3c(cc2C)C(=O)N2c4ccccc4C[C@H]2C(O)C3)cc(COc2cc3c(cc2OC)C(=O)N2c4ccccc4C[C@H]2CC3)c1)S(=O)(=O)OC. The highest BCUT2D eigenvalue weighted by Crippen LogP contribution is 2.43. The maximum absolute atomic E-state index is 14.2. The monoisotopic (exact) mass is 1130 g/mol. The molecule has 5 aromatic carbocycles. The van der Waals surface area contributed by atoms with Gasteiger partial charge in [-0.15, -0.1) is 0 Å².